The van der Waals surface area contributed by atoms with E-state index in [-0.39, 0.29) is 36.5 Å². The van der Waals surface area contributed by atoms with E-state index in [4.69, 9.17) is 19.2 Å². The zero-order valence-electron chi connectivity index (χ0n) is 36.5. The lowest BCUT2D eigenvalue weighted by atomic mass is 9.82. The number of benzene rings is 2. The number of amidine groups is 2. The van der Waals surface area contributed by atoms with Crippen LogP contribution in [0, 0.1) is 11.8 Å². The van der Waals surface area contributed by atoms with E-state index in [9.17, 15) is 35.1 Å². The lowest BCUT2D eigenvalue weighted by Crippen LogP contribution is -2.52. The van der Waals surface area contributed by atoms with Gasteiger partial charge in [0, 0.05) is 72.5 Å². The number of amides is 1. The van der Waals surface area contributed by atoms with Crippen LogP contribution in [0.15, 0.2) is 76.8 Å². The predicted octanol–water partition coefficient (Wildman–Crippen LogP) is 5.23. The summed E-state index contributed by atoms with van der Waals surface area (Å²) in [5, 5.41) is 55.4. The fourth-order valence-corrected chi connectivity index (χ4v) is 10.3. The summed E-state index contributed by atoms with van der Waals surface area (Å²) in [5.74, 6) is 0.327. The van der Waals surface area contributed by atoms with Crippen LogP contribution in [-0.2, 0) is 27.2 Å². The first-order valence-corrected chi connectivity index (χ1v) is 22.2. The molecule has 1 aromatic heterocycles. The molecule has 0 spiro atoms. The van der Waals surface area contributed by atoms with Crippen molar-refractivity contribution < 1.29 is 49.3 Å². The lowest BCUT2D eigenvalue weighted by Gasteiger charge is -2.40. The molecule has 2 aliphatic carbocycles. The zero-order valence-corrected chi connectivity index (χ0v) is 36.5. The minimum absolute atomic E-state index is 0.0218. The summed E-state index contributed by atoms with van der Waals surface area (Å²) in [6.45, 7) is 9.81. The Hall–Kier alpha value is -6.32. The molecule has 5 atom stereocenters. The summed E-state index contributed by atoms with van der Waals surface area (Å²) >= 11 is 0. The van der Waals surface area contributed by atoms with Crippen LogP contribution >= 0.6 is 0 Å². The third-order valence-corrected chi connectivity index (χ3v) is 14.0. The summed E-state index contributed by atoms with van der Waals surface area (Å²) in [7, 11) is 1.67. The maximum Gasteiger partial charge on any atom is 0.496 e. The van der Waals surface area contributed by atoms with E-state index >= 15 is 0 Å². The summed E-state index contributed by atoms with van der Waals surface area (Å²) in [6, 6.07) is 11.7. The highest BCUT2D eigenvalue weighted by Crippen LogP contribution is 2.56. The number of ether oxygens (including phenoxy) is 3. The summed E-state index contributed by atoms with van der Waals surface area (Å²) in [4.78, 5) is 38.2. The number of rotatable bonds is 12. The number of nitrogens with zero attached hydrogens (tertiary/aromatic N) is 6. The molecule has 3 aromatic rings. The van der Waals surface area contributed by atoms with Crippen molar-refractivity contribution in [2.75, 3.05) is 49.8 Å². The van der Waals surface area contributed by atoms with Gasteiger partial charge in [0.25, 0.3) is 0 Å². The van der Waals surface area contributed by atoms with Crippen LogP contribution in [0.3, 0.4) is 0 Å². The Bertz CT molecular complexity index is 2730. The van der Waals surface area contributed by atoms with Gasteiger partial charge in [-0.05, 0) is 90.8 Å². The van der Waals surface area contributed by atoms with Crippen molar-refractivity contribution >= 4 is 51.9 Å². The quantitative estimate of drug-likeness (QED) is 0.0899. The third kappa shape index (κ3) is 6.53. The second-order valence-electron chi connectivity index (χ2n) is 18.0. The number of anilines is 2. The molecule has 334 valence electrons. The standard InChI is InChI=1S/C48H52N6O10/c1-6-27-29-17-26(9-10-36(29)49-42-33(27)22-53-39(42)20-35-34(44(53)57)23-63-45(58)48(35,61)7-2)64-47(60)51(5)12-14-62-15-13-52-37-11-8-25(16-30(37)31-19-38(31)52)54-43(50-46(54)59)32-18-28(24(3)4)40(55)21-41(32)56/h8-11,16-17,20-21,24,31-32,38,44,55-57,61H,6-7,12-15,18-19,22-23H2,1-5H3/p+1. The molecule has 16 heteroatoms. The number of carbonyl (C=O) groups is 2. The number of likely N-dealkylation sites (N-methyl/N-ethyl adjacent to an activating group) is 1. The molecule has 1 fully saturated rings. The average Bonchev–Trinajstić information content (AvgIpc) is 3.89. The molecule has 16 nitrogen and oxygen atoms in total. The van der Waals surface area contributed by atoms with E-state index in [1.165, 1.54) is 16.5 Å². The Morgan fingerprint density at radius 3 is 2.67 bits per heavy atom. The number of pyridine rings is 1. The molecule has 10 rings (SSSR count). The molecule has 0 radical (unpaired) electrons. The van der Waals surface area contributed by atoms with Crippen LogP contribution in [-0.4, -0.2) is 122 Å². The maximum absolute atomic E-state index is 13.2. The van der Waals surface area contributed by atoms with Gasteiger partial charge in [0.05, 0.1) is 30.1 Å². The topological polar surface area (TPSA) is 203 Å². The first kappa shape index (κ1) is 41.7. The predicted molar refractivity (Wildman–Crippen MR) is 239 cm³/mol. The number of aliphatic hydroxyl groups excluding tert-OH is 4. The van der Waals surface area contributed by atoms with E-state index in [2.05, 4.69) is 21.7 Å². The molecule has 6 heterocycles. The van der Waals surface area contributed by atoms with Gasteiger partial charge in [0.15, 0.2) is 11.8 Å². The number of cyclic esters (lactones) is 1. The van der Waals surface area contributed by atoms with Gasteiger partial charge in [-0.25, -0.2) is 14.6 Å². The smallest absolute Gasteiger partial charge is 0.496 e. The number of aromatic nitrogens is 1. The molecule has 1 saturated carbocycles. The summed E-state index contributed by atoms with van der Waals surface area (Å²) < 4.78 is 21.4. The number of aryl methyl sites for hydroxylation is 1. The highest BCUT2D eigenvalue weighted by molar-refractivity contribution is 6.23. The number of carbonyl (C=O) groups excluding carboxylic acids is 2. The molecule has 5 unspecified atom stereocenters. The molecule has 5 aliphatic heterocycles. The minimum Gasteiger partial charge on any atom is -0.511 e. The molecule has 5 N–H and O–H groups in total. The second-order valence-corrected chi connectivity index (χ2v) is 18.0. The molecule has 2 aromatic carbocycles. The molecule has 0 saturated heterocycles. The fraction of sp³-hybridized carbons (Fsp3) is 0.438. The number of fused-ring (bicyclic) bond motifs is 7. The third-order valence-electron chi connectivity index (χ3n) is 14.0. The van der Waals surface area contributed by atoms with Gasteiger partial charge in [-0.15, -0.1) is 4.90 Å². The largest absolute Gasteiger partial charge is 0.511 e. The Kier molecular flexibility index (Phi) is 10.1. The normalized spacial score (nSPS) is 25.2. The number of allylic oxidation sites excluding steroid dienone is 2. The molecule has 64 heavy (non-hydrogen) atoms. The van der Waals surface area contributed by atoms with Crippen molar-refractivity contribution in [1.29, 1.82) is 0 Å². The highest BCUT2D eigenvalue weighted by Gasteiger charge is 2.53. The van der Waals surface area contributed by atoms with Crippen molar-refractivity contribution in [3.05, 3.63) is 99.2 Å². The van der Waals surface area contributed by atoms with Gasteiger partial charge in [0.1, 0.15) is 35.5 Å². The van der Waals surface area contributed by atoms with Crippen molar-refractivity contribution in [3.63, 3.8) is 0 Å². The number of aliphatic hydroxyl groups is 5. The SMILES string of the molecule is CCc1c2c(nc3ccc(OC(=O)N(C)CCOCCN4c5ccc(N6C(O)=[N+]=C6C6CC(C(C)C)=C(O)C=C6O)cc5C5CC54)cc13)C1=CC3=C(COC(=O)C3(O)CC)C(O)N1C2. The van der Waals surface area contributed by atoms with Gasteiger partial charge in [-0.3, -0.25) is 0 Å². The lowest BCUT2D eigenvalue weighted by molar-refractivity contribution is -0.164. The van der Waals surface area contributed by atoms with Gasteiger partial charge in [0.2, 0.25) is 0 Å². The minimum atomic E-state index is -1.85. The van der Waals surface area contributed by atoms with Crippen molar-refractivity contribution in [2.24, 2.45) is 11.8 Å². The van der Waals surface area contributed by atoms with E-state index < -0.39 is 29.8 Å². The molecular weight excluding hydrogens is 821 g/mol. The number of hydrogen-bond donors (Lipinski definition) is 5. The van der Waals surface area contributed by atoms with Crippen molar-refractivity contribution in [3.8, 4) is 5.75 Å². The molecule has 0 bridgehead atoms. The second kappa shape index (κ2) is 15.4. The number of esters is 1. The van der Waals surface area contributed by atoms with E-state index in [0.717, 1.165) is 39.9 Å². The van der Waals surface area contributed by atoms with Gasteiger partial charge < -0.3 is 54.4 Å². The van der Waals surface area contributed by atoms with Crippen LogP contribution in [0.2, 0.25) is 0 Å². The summed E-state index contributed by atoms with van der Waals surface area (Å²) in [6.07, 6.45) is 3.74. The molecule has 1 amide bonds. The average molecular weight is 874 g/mol. The Morgan fingerprint density at radius 2 is 1.92 bits per heavy atom. The van der Waals surface area contributed by atoms with Gasteiger partial charge in [-0.1, -0.05) is 27.7 Å². The molecule has 7 aliphatic rings. The Morgan fingerprint density at radius 1 is 1.11 bits per heavy atom. The van der Waals surface area contributed by atoms with E-state index in [1.807, 2.05) is 43.9 Å². The van der Waals surface area contributed by atoms with Crippen LogP contribution in [0.5, 0.6) is 5.75 Å². The first-order chi connectivity index (χ1) is 30.7. The van der Waals surface area contributed by atoms with Crippen LogP contribution in [0.1, 0.15) is 75.3 Å². The highest BCUT2D eigenvalue weighted by atomic mass is 16.6. The van der Waals surface area contributed by atoms with Crippen LogP contribution < -0.4 is 19.2 Å². The van der Waals surface area contributed by atoms with Gasteiger partial charge in [-0.2, -0.15) is 4.67 Å². The van der Waals surface area contributed by atoms with E-state index in [0.29, 0.717) is 97.3 Å². The van der Waals surface area contributed by atoms with Crippen LogP contribution in [0.4, 0.5) is 16.2 Å². The molecular formula is C48H53N6O10+. The monoisotopic (exact) mass is 873 g/mol. The summed E-state index contributed by atoms with van der Waals surface area (Å²) in [5.41, 5.74) is 6.87. The van der Waals surface area contributed by atoms with Crippen molar-refractivity contribution in [1.82, 2.24) is 19.5 Å². The van der Waals surface area contributed by atoms with E-state index in [1.54, 1.807) is 31.0 Å². The Labute approximate surface area is 370 Å². The Balaban J connectivity index is 0.744. The van der Waals surface area contributed by atoms with Crippen molar-refractivity contribution in [2.45, 2.75) is 83.7 Å². The van der Waals surface area contributed by atoms with Gasteiger partial charge >= 0.3 is 23.9 Å². The maximum atomic E-state index is 13.2. The van der Waals surface area contributed by atoms with Crippen LogP contribution in [0.25, 0.3) is 16.6 Å². The number of hydrogen-bond acceptors (Lipinski definition) is 13. The zero-order chi connectivity index (χ0) is 44.9. The fourth-order valence-electron chi connectivity index (χ4n) is 10.3. The first-order valence-electron chi connectivity index (χ1n) is 22.2.